The van der Waals surface area contributed by atoms with Gasteiger partial charge in [-0.15, -0.1) is 0 Å². The molecule has 0 spiro atoms. The Morgan fingerprint density at radius 2 is 2.25 bits per heavy atom. The molecule has 0 aromatic rings. The quantitative estimate of drug-likeness (QED) is 0.715. The number of sulfonamides is 1. The van der Waals surface area contributed by atoms with Crippen molar-refractivity contribution in [3.63, 3.8) is 0 Å². The van der Waals surface area contributed by atoms with Crippen LogP contribution in [-0.4, -0.2) is 31.1 Å². The number of thioether (sulfide) groups is 1. The lowest BCUT2D eigenvalue weighted by Crippen LogP contribution is -2.33. The van der Waals surface area contributed by atoms with Gasteiger partial charge in [0.15, 0.2) is 5.17 Å². The summed E-state index contributed by atoms with van der Waals surface area (Å²) in [5, 5.41) is 0.130. The molecule has 1 aliphatic rings. The molecule has 6 heteroatoms. The predicted molar refractivity (Wildman–Crippen MR) is 52.0 cm³/mol. The van der Waals surface area contributed by atoms with Crippen LogP contribution in [-0.2, 0) is 10.0 Å². The molecule has 0 atom stereocenters. The maximum absolute atomic E-state index is 11.3. The highest BCUT2D eigenvalue weighted by atomic mass is 32.2. The van der Waals surface area contributed by atoms with Gasteiger partial charge in [0.1, 0.15) is 0 Å². The summed E-state index contributed by atoms with van der Waals surface area (Å²) >= 11 is 1.45. The fraction of sp³-hybridized carbons (Fsp3) is 0.833. The number of nitrogens with zero attached hydrogens (tertiary/aromatic N) is 1. The summed E-state index contributed by atoms with van der Waals surface area (Å²) in [6.45, 7) is 3.99. The van der Waals surface area contributed by atoms with E-state index in [1.165, 1.54) is 11.8 Å². The Morgan fingerprint density at radius 3 is 2.67 bits per heavy atom. The molecule has 1 aliphatic heterocycles. The smallest absolute Gasteiger partial charge is 0.236 e. The van der Waals surface area contributed by atoms with Gasteiger partial charge in [-0.2, -0.15) is 0 Å². The summed E-state index contributed by atoms with van der Waals surface area (Å²) in [5.74, 6) is 0.871. The Bertz CT molecular complexity index is 282. The summed E-state index contributed by atoms with van der Waals surface area (Å²) in [4.78, 5) is 3.99. The molecule has 0 aromatic carbocycles. The Kier molecular flexibility index (Phi) is 3.00. The van der Waals surface area contributed by atoms with Crippen LogP contribution in [0.1, 0.15) is 13.8 Å². The third kappa shape index (κ3) is 2.38. The first-order valence-corrected chi connectivity index (χ1v) is 6.24. The minimum atomic E-state index is -3.18. The molecule has 0 saturated heterocycles. The van der Waals surface area contributed by atoms with E-state index in [9.17, 15) is 8.42 Å². The van der Waals surface area contributed by atoms with Crippen molar-refractivity contribution in [2.24, 2.45) is 4.99 Å². The summed E-state index contributed by atoms with van der Waals surface area (Å²) in [5.41, 5.74) is 0. The van der Waals surface area contributed by atoms with E-state index in [2.05, 4.69) is 9.71 Å². The second kappa shape index (κ2) is 3.66. The van der Waals surface area contributed by atoms with Gasteiger partial charge in [0.25, 0.3) is 0 Å². The molecule has 0 radical (unpaired) electrons. The van der Waals surface area contributed by atoms with Crippen LogP contribution in [0.25, 0.3) is 0 Å². The van der Waals surface area contributed by atoms with E-state index in [1.807, 2.05) is 0 Å². The largest absolute Gasteiger partial charge is 0.262 e. The van der Waals surface area contributed by atoms with E-state index in [-0.39, 0.29) is 0 Å². The zero-order chi connectivity index (χ0) is 9.19. The molecule has 0 aromatic heterocycles. The van der Waals surface area contributed by atoms with Crippen LogP contribution >= 0.6 is 11.8 Å². The van der Waals surface area contributed by atoms with Crippen molar-refractivity contribution in [1.82, 2.24) is 4.72 Å². The molecule has 1 heterocycles. The van der Waals surface area contributed by atoms with E-state index in [4.69, 9.17) is 0 Å². The molecule has 0 saturated carbocycles. The Balaban J connectivity index is 2.61. The van der Waals surface area contributed by atoms with Gasteiger partial charge in [0.05, 0.1) is 11.8 Å². The lowest BCUT2D eigenvalue weighted by atomic mass is 10.6. The molecule has 12 heavy (non-hydrogen) atoms. The third-order valence-electron chi connectivity index (χ3n) is 1.44. The maximum atomic E-state index is 11.3. The van der Waals surface area contributed by atoms with Gasteiger partial charge >= 0.3 is 0 Å². The summed E-state index contributed by atoms with van der Waals surface area (Å²) < 4.78 is 25.0. The third-order valence-corrected chi connectivity index (χ3v) is 4.18. The van der Waals surface area contributed by atoms with Crippen LogP contribution in [0, 0.1) is 0 Å². The molecule has 0 aliphatic carbocycles. The molecule has 70 valence electrons. The van der Waals surface area contributed by atoms with E-state index in [0.717, 1.165) is 5.75 Å². The minimum Gasteiger partial charge on any atom is -0.262 e. The van der Waals surface area contributed by atoms with Crippen LogP contribution in [0.2, 0.25) is 0 Å². The number of aliphatic imine (C=N–C) groups is 1. The van der Waals surface area contributed by atoms with Gasteiger partial charge in [0, 0.05) is 5.75 Å². The number of rotatable bonds is 2. The molecule has 0 fully saturated rings. The molecule has 0 bridgehead atoms. The van der Waals surface area contributed by atoms with Crippen molar-refractivity contribution in [2.45, 2.75) is 19.1 Å². The minimum absolute atomic E-state index is 0.401. The Morgan fingerprint density at radius 1 is 1.58 bits per heavy atom. The highest BCUT2D eigenvalue weighted by Crippen LogP contribution is 2.10. The lowest BCUT2D eigenvalue weighted by molar-refractivity contribution is 0.584. The van der Waals surface area contributed by atoms with Crippen LogP contribution < -0.4 is 4.72 Å². The fourth-order valence-corrected chi connectivity index (χ4v) is 2.32. The molecule has 0 amide bonds. The van der Waals surface area contributed by atoms with Crippen LogP contribution in [0.3, 0.4) is 0 Å². The highest BCUT2D eigenvalue weighted by Gasteiger charge is 2.19. The van der Waals surface area contributed by atoms with Crippen molar-refractivity contribution >= 4 is 27.0 Å². The van der Waals surface area contributed by atoms with Gasteiger partial charge in [-0.25, -0.2) is 8.42 Å². The fourth-order valence-electron chi connectivity index (χ4n) is 0.636. The van der Waals surface area contributed by atoms with E-state index >= 15 is 0 Å². The van der Waals surface area contributed by atoms with Crippen LogP contribution in [0.5, 0.6) is 0 Å². The lowest BCUT2D eigenvalue weighted by Gasteiger charge is -2.08. The Hall–Kier alpha value is -0.230. The van der Waals surface area contributed by atoms with Gasteiger partial charge in [-0.1, -0.05) is 11.8 Å². The van der Waals surface area contributed by atoms with E-state index in [0.29, 0.717) is 11.7 Å². The Labute approximate surface area is 76.9 Å². The number of amidine groups is 1. The summed E-state index contributed by atoms with van der Waals surface area (Å²) in [7, 11) is -3.18. The topological polar surface area (TPSA) is 58.5 Å². The average molecular weight is 208 g/mol. The van der Waals surface area contributed by atoms with Crippen molar-refractivity contribution in [1.29, 1.82) is 0 Å². The molecule has 4 nitrogen and oxygen atoms in total. The predicted octanol–water partition coefficient (Wildman–Crippen LogP) is 0.417. The van der Waals surface area contributed by atoms with E-state index < -0.39 is 15.3 Å². The molecule has 1 N–H and O–H groups in total. The average Bonchev–Trinajstić information content (AvgIpc) is 2.38. The van der Waals surface area contributed by atoms with Gasteiger partial charge in [-0.05, 0) is 13.8 Å². The van der Waals surface area contributed by atoms with Crippen molar-refractivity contribution in [3.05, 3.63) is 0 Å². The maximum Gasteiger partial charge on any atom is 0.236 e. The summed E-state index contributed by atoms with van der Waals surface area (Å²) in [6, 6.07) is 0. The normalized spacial score (nSPS) is 18.1. The first-order valence-electron chi connectivity index (χ1n) is 3.71. The molecule has 0 unspecified atom stereocenters. The molecule has 1 rings (SSSR count). The number of hydrogen-bond donors (Lipinski definition) is 1. The van der Waals surface area contributed by atoms with Crippen molar-refractivity contribution in [3.8, 4) is 0 Å². The number of hydrogen-bond acceptors (Lipinski definition) is 4. The first kappa shape index (κ1) is 9.85. The van der Waals surface area contributed by atoms with Crippen LogP contribution in [0.15, 0.2) is 4.99 Å². The second-order valence-electron chi connectivity index (χ2n) is 2.73. The summed E-state index contributed by atoms with van der Waals surface area (Å²) in [6.07, 6.45) is 0. The standard InChI is InChI=1S/C6H12N2O2S2/c1-5(2)12(9,10)8-6-7-3-4-11-6/h5H,3-4H2,1-2H3,(H,7,8). The van der Waals surface area contributed by atoms with E-state index in [1.54, 1.807) is 13.8 Å². The highest BCUT2D eigenvalue weighted by molar-refractivity contribution is 8.15. The molecular formula is C6H12N2O2S2. The van der Waals surface area contributed by atoms with Gasteiger partial charge < -0.3 is 0 Å². The zero-order valence-corrected chi connectivity index (χ0v) is 8.70. The SMILES string of the molecule is CC(C)S(=O)(=O)NC1=NCCS1. The van der Waals surface area contributed by atoms with Crippen LogP contribution in [0.4, 0.5) is 0 Å². The van der Waals surface area contributed by atoms with Crippen molar-refractivity contribution < 1.29 is 8.42 Å². The first-order chi connectivity index (χ1) is 5.52. The van der Waals surface area contributed by atoms with Gasteiger partial charge in [-0.3, -0.25) is 9.71 Å². The monoisotopic (exact) mass is 208 g/mol. The second-order valence-corrected chi connectivity index (χ2v) is 6.05. The number of nitrogens with one attached hydrogen (secondary N) is 1. The molecular weight excluding hydrogens is 196 g/mol. The zero-order valence-electron chi connectivity index (χ0n) is 7.07. The van der Waals surface area contributed by atoms with Gasteiger partial charge in [0.2, 0.25) is 10.0 Å². The van der Waals surface area contributed by atoms with Crippen molar-refractivity contribution in [2.75, 3.05) is 12.3 Å².